The van der Waals surface area contributed by atoms with Crippen LogP contribution in [0.3, 0.4) is 0 Å². The quantitative estimate of drug-likeness (QED) is 0.363. The summed E-state index contributed by atoms with van der Waals surface area (Å²) in [5.41, 5.74) is 2.60. The Hall–Kier alpha value is -0.920. The first-order valence-electron chi connectivity index (χ1n) is 3.80. The number of aromatic nitrogens is 2. The van der Waals surface area contributed by atoms with Gasteiger partial charge in [0.15, 0.2) is 7.05 Å². The van der Waals surface area contributed by atoms with Crippen molar-refractivity contribution in [3.63, 3.8) is 0 Å². The van der Waals surface area contributed by atoms with Gasteiger partial charge >= 0.3 is 0 Å². The molecule has 0 aliphatic rings. The summed E-state index contributed by atoms with van der Waals surface area (Å²) in [6.07, 6.45) is 0. The van der Waals surface area contributed by atoms with Gasteiger partial charge in [0.25, 0.3) is 0 Å². The summed E-state index contributed by atoms with van der Waals surface area (Å²) < 4.78 is 37.1. The Morgan fingerprint density at radius 1 is 1.50 bits per heavy atom. The van der Waals surface area contributed by atoms with Gasteiger partial charge in [-0.1, -0.05) is 0 Å². The Kier molecular flexibility index (Phi) is 4.24. The largest absolute Gasteiger partial charge is 0.726 e. The molecule has 0 amide bonds. The van der Waals surface area contributed by atoms with E-state index in [9.17, 15) is 0 Å². The Bertz CT molecular complexity index is 377. The summed E-state index contributed by atoms with van der Waals surface area (Å²) in [6.45, 7) is 4.21. The van der Waals surface area contributed by atoms with Crippen molar-refractivity contribution in [2.45, 2.75) is 13.8 Å². The predicted molar refractivity (Wildman–Crippen MR) is 48.4 cm³/mol. The lowest BCUT2D eigenvalue weighted by atomic mass is 10.4. The average Bonchev–Trinajstić information content (AvgIpc) is 2.14. The van der Waals surface area contributed by atoms with Crippen molar-refractivity contribution < 1.29 is 22.2 Å². The van der Waals surface area contributed by atoms with E-state index >= 15 is 0 Å². The molecule has 7 heteroatoms. The van der Waals surface area contributed by atoms with Crippen LogP contribution in [0.2, 0.25) is 0 Å². The number of aryl methyl sites for hydroxylation is 2. The molecule has 1 aromatic heterocycles. The first-order valence-corrected chi connectivity index (χ1v) is 5.17. The van der Waals surface area contributed by atoms with Crippen LogP contribution in [0.4, 0.5) is 0 Å². The smallest absolute Gasteiger partial charge is 0.215 e. The highest BCUT2D eigenvalue weighted by Gasteiger charge is 2.06. The summed E-state index contributed by atoms with van der Waals surface area (Å²) in [5, 5.41) is 0. The SMILES string of the molecule is Cc1cc(C)[n+](C)n1C.O=S(=O)([O-])O. The Balaban J connectivity index is 0.000000292. The van der Waals surface area contributed by atoms with Crippen LogP contribution in [-0.4, -0.2) is 22.2 Å². The van der Waals surface area contributed by atoms with E-state index < -0.39 is 10.4 Å². The second kappa shape index (κ2) is 4.54. The van der Waals surface area contributed by atoms with Gasteiger partial charge in [-0.05, 0) is 6.92 Å². The average molecular weight is 222 g/mol. The maximum atomic E-state index is 8.63. The molecule has 1 rings (SSSR count). The molecular formula is C7H14N2O4S. The number of nitrogens with zero attached hydrogens (tertiary/aromatic N) is 2. The molecule has 0 radical (unpaired) electrons. The molecule has 6 nitrogen and oxygen atoms in total. The van der Waals surface area contributed by atoms with E-state index in [4.69, 9.17) is 17.5 Å². The third-order valence-electron chi connectivity index (χ3n) is 1.89. The fourth-order valence-electron chi connectivity index (χ4n) is 0.962. The fourth-order valence-corrected chi connectivity index (χ4v) is 0.962. The van der Waals surface area contributed by atoms with Crippen LogP contribution in [0.5, 0.6) is 0 Å². The molecule has 1 heterocycles. The van der Waals surface area contributed by atoms with Gasteiger partial charge in [-0.25, -0.2) is 8.42 Å². The Labute approximate surface area is 83.3 Å². The van der Waals surface area contributed by atoms with Gasteiger partial charge in [0, 0.05) is 13.0 Å². The van der Waals surface area contributed by atoms with Gasteiger partial charge in [0.05, 0.1) is 12.7 Å². The molecule has 0 bridgehead atoms. The molecule has 0 aromatic carbocycles. The van der Waals surface area contributed by atoms with E-state index in [-0.39, 0.29) is 0 Å². The van der Waals surface area contributed by atoms with E-state index in [0.717, 1.165) is 0 Å². The molecule has 1 aromatic rings. The second-order valence-electron chi connectivity index (χ2n) is 2.90. The van der Waals surface area contributed by atoms with Crippen LogP contribution in [0.15, 0.2) is 6.07 Å². The minimum atomic E-state index is -4.92. The van der Waals surface area contributed by atoms with Crippen LogP contribution in [0, 0.1) is 13.8 Å². The van der Waals surface area contributed by atoms with Crippen LogP contribution < -0.4 is 4.68 Å². The third-order valence-corrected chi connectivity index (χ3v) is 1.89. The molecule has 0 fully saturated rings. The van der Waals surface area contributed by atoms with Gasteiger partial charge in [-0.15, -0.1) is 4.68 Å². The molecule has 0 saturated carbocycles. The standard InChI is InChI=1S/C7H13N2.H2O4S/c1-6-5-7(2)9(4)8(6)3;1-5(2,3)4/h5H,1-4H3;(H2,1,2,3,4)/q+1;/p-1. The normalized spacial score (nSPS) is 10.7. The topological polar surface area (TPSA) is 86.2 Å². The lowest BCUT2D eigenvalue weighted by Gasteiger charge is -1.90. The number of hydrogen-bond donors (Lipinski definition) is 1. The lowest BCUT2D eigenvalue weighted by Crippen LogP contribution is -2.39. The zero-order chi connectivity index (χ0) is 11.5. The summed E-state index contributed by atoms with van der Waals surface area (Å²) >= 11 is 0. The summed E-state index contributed by atoms with van der Waals surface area (Å²) in [7, 11) is -0.801. The maximum Gasteiger partial charge on any atom is 0.215 e. The van der Waals surface area contributed by atoms with Crippen molar-refractivity contribution in [3.8, 4) is 0 Å². The third kappa shape index (κ3) is 4.95. The van der Waals surface area contributed by atoms with E-state index in [1.165, 1.54) is 11.4 Å². The summed E-state index contributed by atoms with van der Waals surface area (Å²) in [6, 6.07) is 2.17. The molecule has 0 aliphatic heterocycles. The van der Waals surface area contributed by atoms with Crippen molar-refractivity contribution in [1.82, 2.24) is 4.68 Å². The molecule has 0 saturated heterocycles. The van der Waals surface area contributed by atoms with E-state index in [2.05, 4.69) is 43.4 Å². The molecule has 0 aliphatic carbocycles. The molecule has 0 spiro atoms. The van der Waals surface area contributed by atoms with Crippen molar-refractivity contribution in [2.24, 2.45) is 14.1 Å². The molecular weight excluding hydrogens is 208 g/mol. The van der Waals surface area contributed by atoms with Crippen molar-refractivity contribution in [1.29, 1.82) is 0 Å². The molecule has 0 atom stereocenters. The molecule has 14 heavy (non-hydrogen) atoms. The zero-order valence-corrected chi connectivity index (χ0v) is 9.37. The van der Waals surface area contributed by atoms with Crippen LogP contribution >= 0.6 is 0 Å². The first kappa shape index (κ1) is 13.1. The van der Waals surface area contributed by atoms with Gasteiger partial charge in [-0.3, -0.25) is 4.55 Å². The highest BCUT2D eigenvalue weighted by atomic mass is 32.3. The minimum Gasteiger partial charge on any atom is -0.726 e. The lowest BCUT2D eigenvalue weighted by molar-refractivity contribution is -0.756. The maximum absolute atomic E-state index is 8.63. The monoisotopic (exact) mass is 222 g/mol. The van der Waals surface area contributed by atoms with Gasteiger partial charge in [0.2, 0.25) is 16.1 Å². The van der Waals surface area contributed by atoms with Crippen LogP contribution in [0.1, 0.15) is 11.4 Å². The van der Waals surface area contributed by atoms with Gasteiger partial charge in [-0.2, -0.15) is 4.68 Å². The fraction of sp³-hybridized carbons (Fsp3) is 0.571. The second-order valence-corrected chi connectivity index (χ2v) is 3.76. The highest BCUT2D eigenvalue weighted by Crippen LogP contribution is 1.94. The molecule has 0 unspecified atom stereocenters. The van der Waals surface area contributed by atoms with E-state index in [1.807, 2.05) is 0 Å². The highest BCUT2D eigenvalue weighted by molar-refractivity contribution is 7.79. The van der Waals surface area contributed by atoms with Crippen molar-refractivity contribution in [2.75, 3.05) is 0 Å². The van der Waals surface area contributed by atoms with Gasteiger partial charge < -0.3 is 4.55 Å². The van der Waals surface area contributed by atoms with E-state index in [0.29, 0.717) is 0 Å². The number of hydrogen-bond acceptors (Lipinski definition) is 3. The predicted octanol–water partition coefficient (Wildman–Crippen LogP) is -0.529. The van der Waals surface area contributed by atoms with Crippen LogP contribution in [-0.2, 0) is 24.5 Å². The first-order chi connectivity index (χ1) is 6.13. The Morgan fingerprint density at radius 2 is 1.86 bits per heavy atom. The summed E-state index contributed by atoms with van der Waals surface area (Å²) in [4.78, 5) is 0. The van der Waals surface area contributed by atoms with Gasteiger partial charge in [0.1, 0.15) is 0 Å². The Morgan fingerprint density at radius 3 is 1.93 bits per heavy atom. The number of rotatable bonds is 0. The molecule has 82 valence electrons. The minimum absolute atomic E-state index is 1.30. The van der Waals surface area contributed by atoms with Crippen LogP contribution in [0.25, 0.3) is 0 Å². The zero-order valence-electron chi connectivity index (χ0n) is 8.55. The van der Waals surface area contributed by atoms with Crippen molar-refractivity contribution >= 4 is 10.4 Å². The van der Waals surface area contributed by atoms with E-state index in [1.54, 1.807) is 0 Å². The van der Waals surface area contributed by atoms with Crippen molar-refractivity contribution in [3.05, 3.63) is 17.5 Å². The summed E-state index contributed by atoms with van der Waals surface area (Å²) in [5.74, 6) is 0. The molecule has 1 N–H and O–H groups in total.